The van der Waals surface area contributed by atoms with Crippen LogP contribution in [-0.2, 0) is 0 Å². The molecule has 1 unspecified atom stereocenters. The van der Waals surface area contributed by atoms with E-state index in [1.807, 2.05) is 0 Å². The lowest BCUT2D eigenvalue weighted by molar-refractivity contribution is 0.415. The number of benzene rings is 1. The second-order valence-electron chi connectivity index (χ2n) is 10.2. The molecular formula is C18H37IOSi4. The Morgan fingerprint density at radius 3 is 1.29 bits per heavy atom. The monoisotopic (exact) mass is 508 g/mol. The first-order valence-corrected chi connectivity index (χ1v) is 25.0. The SMILES string of the molecule is COc1ccc([Si](C)(I)C([Si](C)(C)C)([Si](C)(C)C)[Si](C)(C)C)cc1. The van der Waals surface area contributed by atoms with E-state index < -0.39 is 29.8 Å². The predicted molar refractivity (Wildman–Crippen MR) is 131 cm³/mol. The standard InChI is InChI=1S/C18H37IOSi4/c1-20-16-12-14-17(15-13-16)24(11,19)18(21(2,3)4,22(5,6)7)23(8,9)10/h12-15H,1-11H3. The molecule has 1 atom stereocenters. The second kappa shape index (κ2) is 6.98. The summed E-state index contributed by atoms with van der Waals surface area (Å²) >= 11 is 2.96. The van der Waals surface area contributed by atoms with E-state index in [1.165, 1.54) is 0 Å². The van der Waals surface area contributed by atoms with Gasteiger partial charge in [0.25, 0.3) is 0 Å². The molecule has 0 saturated heterocycles. The van der Waals surface area contributed by atoms with Gasteiger partial charge < -0.3 is 4.74 Å². The largest absolute Gasteiger partial charge is 0.497 e. The molecule has 0 radical (unpaired) electrons. The fourth-order valence-electron chi connectivity index (χ4n) is 6.61. The van der Waals surface area contributed by atoms with Crippen molar-refractivity contribution in [2.45, 2.75) is 69.4 Å². The summed E-state index contributed by atoms with van der Waals surface area (Å²) in [4.78, 5) is 0. The Labute approximate surface area is 167 Å². The van der Waals surface area contributed by atoms with Gasteiger partial charge in [0.1, 0.15) is 5.75 Å². The van der Waals surface area contributed by atoms with Crippen LogP contribution in [0.5, 0.6) is 5.75 Å². The van der Waals surface area contributed by atoms with E-state index in [2.05, 4.69) is 112 Å². The van der Waals surface area contributed by atoms with Crippen molar-refractivity contribution in [2.24, 2.45) is 0 Å². The van der Waals surface area contributed by atoms with Crippen molar-refractivity contribution >= 4 is 56.8 Å². The molecule has 0 heterocycles. The van der Waals surface area contributed by atoms with Gasteiger partial charge in [0.2, 0.25) is 0 Å². The highest BCUT2D eigenvalue weighted by molar-refractivity contribution is 14.1. The molecular weight excluding hydrogens is 471 g/mol. The molecule has 1 rings (SSSR count). The van der Waals surface area contributed by atoms with Crippen LogP contribution in [0.25, 0.3) is 0 Å². The zero-order valence-electron chi connectivity index (χ0n) is 17.6. The molecule has 6 heteroatoms. The summed E-state index contributed by atoms with van der Waals surface area (Å²) in [5, 5.41) is 1.61. The molecule has 138 valence electrons. The summed E-state index contributed by atoms with van der Waals surface area (Å²) in [5.74, 6) is 0.972. The Balaban J connectivity index is 3.81. The van der Waals surface area contributed by atoms with Crippen molar-refractivity contribution < 1.29 is 4.74 Å². The van der Waals surface area contributed by atoms with E-state index in [4.69, 9.17) is 4.74 Å². The van der Waals surface area contributed by atoms with Gasteiger partial charge in [-0.3, -0.25) is 0 Å². The van der Waals surface area contributed by atoms with E-state index in [0.29, 0.717) is 3.91 Å². The average molecular weight is 509 g/mol. The molecule has 24 heavy (non-hydrogen) atoms. The molecule has 0 N–H and O–H groups in total. The topological polar surface area (TPSA) is 9.23 Å². The van der Waals surface area contributed by atoms with Crippen LogP contribution in [-0.4, -0.2) is 36.9 Å². The van der Waals surface area contributed by atoms with Gasteiger partial charge in [-0.2, -0.15) is 0 Å². The highest BCUT2D eigenvalue weighted by atomic mass is 127. The molecule has 0 aliphatic carbocycles. The van der Waals surface area contributed by atoms with Gasteiger partial charge in [-0.05, 0) is 21.2 Å². The number of ether oxygens (including phenoxy) is 1. The van der Waals surface area contributed by atoms with Crippen molar-refractivity contribution in [1.29, 1.82) is 0 Å². The van der Waals surface area contributed by atoms with Crippen LogP contribution in [0.2, 0.25) is 69.4 Å². The van der Waals surface area contributed by atoms with Crippen LogP contribution in [0.4, 0.5) is 0 Å². The van der Waals surface area contributed by atoms with Crippen LogP contribution in [0.1, 0.15) is 0 Å². The lowest BCUT2D eigenvalue weighted by atomic mass is 10.3. The lowest BCUT2D eigenvalue weighted by Crippen LogP contribution is -2.77. The van der Waals surface area contributed by atoms with Gasteiger partial charge in [-0.1, -0.05) is 77.6 Å². The first-order valence-electron chi connectivity index (χ1n) is 8.87. The van der Waals surface area contributed by atoms with E-state index in [1.54, 1.807) is 12.3 Å². The van der Waals surface area contributed by atoms with Crippen LogP contribution >= 0.6 is 21.8 Å². The highest BCUT2D eigenvalue weighted by Gasteiger charge is 2.68. The minimum atomic E-state index is -1.70. The molecule has 1 aromatic rings. The molecule has 1 aromatic carbocycles. The molecule has 0 aliphatic heterocycles. The Bertz CT molecular complexity index is 527. The van der Waals surface area contributed by atoms with Gasteiger partial charge in [0.15, 0.2) is 5.57 Å². The summed E-state index contributed by atoms with van der Waals surface area (Å²) in [5.41, 5.74) is -1.70. The third-order valence-corrected chi connectivity index (χ3v) is 48.9. The summed E-state index contributed by atoms with van der Waals surface area (Å²) < 4.78 is 6.01. The fraction of sp³-hybridized carbons (Fsp3) is 0.667. The lowest BCUT2D eigenvalue weighted by Gasteiger charge is -2.65. The van der Waals surface area contributed by atoms with Crippen molar-refractivity contribution in [3.05, 3.63) is 24.3 Å². The summed E-state index contributed by atoms with van der Waals surface area (Å²) in [6.45, 7) is 26.5. The number of rotatable bonds is 6. The summed E-state index contributed by atoms with van der Waals surface area (Å²) in [6.07, 6.45) is 0. The van der Waals surface area contributed by atoms with Crippen LogP contribution in [0, 0.1) is 0 Å². The second-order valence-corrected chi connectivity index (χ2v) is 38.8. The predicted octanol–water partition coefficient (Wildman–Crippen LogP) is 6.29. The molecule has 0 spiro atoms. The Morgan fingerprint density at radius 1 is 0.708 bits per heavy atom. The quantitative estimate of drug-likeness (QED) is 0.249. The van der Waals surface area contributed by atoms with E-state index >= 15 is 0 Å². The molecule has 0 aliphatic rings. The molecule has 0 aromatic heterocycles. The minimum absolute atomic E-state index is 0.606. The van der Waals surface area contributed by atoms with E-state index in [9.17, 15) is 0 Å². The summed E-state index contributed by atoms with van der Waals surface area (Å²) in [7, 11) is -2.45. The van der Waals surface area contributed by atoms with Crippen LogP contribution < -0.4 is 9.92 Å². The molecule has 1 nitrogen and oxygen atoms in total. The van der Waals surface area contributed by atoms with Gasteiger partial charge in [0.05, 0.1) is 7.11 Å². The smallest absolute Gasteiger partial charge is 0.151 e. The van der Waals surface area contributed by atoms with Crippen molar-refractivity contribution in [1.82, 2.24) is 0 Å². The van der Waals surface area contributed by atoms with Crippen molar-refractivity contribution in [3.63, 3.8) is 0 Å². The molecule has 0 amide bonds. The number of halogens is 1. The maximum Gasteiger partial charge on any atom is 0.151 e. The van der Waals surface area contributed by atoms with Crippen LogP contribution in [0.15, 0.2) is 24.3 Å². The fourth-order valence-corrected chi connectivity index (χ4v) is 76.0. The number of hydrogen-bond donors (Lipinski definition) is 0. The zero-order chi connectivity index (χ0) is 19.2. The van der Waals surface area contributed by atoms with Gasteiger partial charge in [-0.25, -0.2) is 0 Å². The van der Waals surface area contributed by atoms with E-state index in [-0.39, 0.29) is 0 Å². The highest BCUT2D eigenvalue weighted by Crippen LogP contribution is 2.61. The Kier molecular flexibility index (Phi) is 6.59. The van der Waals surface area contributed by atoms with Gasteiger partial charge in [0, 0.05) is 24.2 Å². The third kappa shape index (κ3) is 3.54. The summed E-state index contributed by atoms with van der Waals surface area (Å²) in [6, 6.07) is 9.07. The van der Waals surface area contributed by atoms with Crippen molar-refractivity contribution in [3.8, 4) is 5.75 Å². The van der Waals surface area contributed by atoms with Gasteiger partial charge >= 0.3 is 0 Å². The maximum atomic E-state index is 5.41. The third-order valence-electron chi connectivity index (χ3n) is 5.71. The van der Waals surface area contributed by atoms with Gasteiger partial charge in [-0.15, -0.1) is 21.8 Å². The number of methoxy groups -OCH3 is 1. The Morgan fingerprint density at radius 2 is 1.04 bits per heavy atom. The Hall–Kier alpha value is 0.618. The first-order chi connectivity index (χ1) is 10.5. The average Bonchev–Trinajstić information content (AvgIpc) is 2.33. The zero-order valence-corrected chi connectivity index (χ0v) is 23.8. The first kappa shape index (κ1) is 22.7. The number of hydrogen-bond acceptors (Lipinski definition) is 1. The molecule has 0 fully saturated rings. The van der Waals surface area contributed by atoms with Crippen LogP contribution in [0.3, 0.4) is 0 Å². The minimum Gasteiger partial charge on any atom is -0.497 e. The van der Waals surface area contributed by atoms with Crippen molar-refractivity contribution in [2.75, 3.05) is 7.11 Å². The normalized spacial score (nSPS) is 16.7. The maximum absolute atomic E-state index is 5.41. The molecule has 0 saturated carbocycles. The molecule has 0 bridgehead atoms. The van der Waals surface area contributed by atoms with E-state index in [0.717, 1.165) is 5.75 Å².